The molecule has 6 nitrogen and oxygen atoms in total. The van der Waals surface area contributed by atoms with E-state index in [0.29, 0.717) is 12.8 Å². The standard InChI is InChI=1S/C31H58N2O4/c1-28(2)20-24(21-29(3,4)32(28)9)36-26(34)18-16-14-12-11-13-15-17-19-27(35)37-25-22-30(5,6)33(10)31(7,8)23-25/h24-25H,11-23H2,1-10H3. The van der Waals surface area contributed by atoms with Crippen LogP contribution >= 0.6 is 0 Å². The summed E-state index contributed by atoms with van der Waals surface area (Å²) in [5.41, 5.74) is 0.128. The van der Waals surface area contributed by atoms with Gasteiger partial charge in [0.25, 0.3) is 0 Å². The predicted octanol–water partition coefficient (Wildman–Crippen LogP) is 6.89. The van der Waals surface area contributed by atoms with Gasteiger partial charge in [-0.3, -0.25) is 19.4 Å². The number of carbonyl (C=O) groups is 2. The average Bonchev–Trinajstić information content (AvgIpc) is 2.73. The largest absolute Gasteiger partial charge is 0.462 e. The monoisotopic (exact) mass is 522 g/mol. The quantitative estimate of drug-likeness (QED) is 0.205. The summed E-state index contributed by atoms with van der Waals surface area (Å²) in [7, 11) is 4.34. The lowest BCUT2D eigenvalue weighted by Gasteiger charge is -2.53. The maximum absolute atomic E-state index is 12.4. The molecule has 0 atom stereocenters. The molecule has 2 rings (SSSR count). The van der Waals surface area contributed by atoms with Crippen LogP contribution in [0.4, 0.5) is 0 Å². The number of rotatable bonds is 12. The first kappa shape index (κ1) is 32.1. The van der Waals surface area contributed by atoms with Gasteiger partial charge in [-0.05, 0) is 82.3 Å². The Labute approximate surface area is 228 Å². The van der Waals surface area contributed by atoms with Crippen molar-refractivity contribution in [2.24, 2.45) is 0 Å². The van der Waals surface area contributed by atoms with E-state index in [1.807, 2.05) is 0 Å². The van der Waals surface area contributed by atoms with E-state index in [9.17, 15) is 9.59 Å². The lowest BCUT2D eigenvalue weighted by Crippen LogP contribution is -2.60. The van der Waals surface area contributed by atoms with Crippen LogP contribution in [0.3, 0.4) is 0 Å². The molecule has 0 saturated carbocycles. The molecular weight excluding hydrogens is 464 g/mol. The summed E-state index contributed by atoms with van der Waals surface area (Å²) in [5, 5.41) is 0. The van der Waals surface area contributed by atoms with Crippen LogP contribution in [-0.2, 0) is 19.1 Å². The maximum atomic E-state index is 12.4. The van der Waals surface area contributed by atoms with Gasteiger partial charge in [-0.1, -0.05) is 32.1 Å². The molecule has 2 fully saturated rings. The molecule has 0 aromatic carbocycles. The first-order valence-electron chi connectivity index (χ1n) is 14.8. The van der Waals surface area contributed by atoms with Gasteiger partial charge in [-0.25, -0.2) is 0 Å². The van der Waals surface area contributed by atoms with Gasteiger partial charge in [0.1, 0.15) is 12.2 Å². The Hall–Kier alpha value is -1.14. The summed E-state index contributed by atoms with van der Waals surface area (Å²) in [6.07, 6.45) is 11.9. The highest BCUT2D eigenvalue weighted by Gasteiger charge is 2.45. The van der Waals surface area contributed by atoms with Gasteiger partial charge in [-0.2, -0.15) is 0 Å². The molecule has 0 N–H and O–H groups in total. The van der Waals surface area contributed by atoms with E-state index >= 15 is 0 Å². The van der Waals surface area contributed by atoms with Gasteiger partial charge in [0, 0.05) is 60.7 Å². The van der Waals surface area contributed by atoms with Crippen molar-refractivity contribution in [3.8, 4) is 0 Å². The molecule has 2 heterocycles. The molecule has 0 radical (unpaired) electrons. The van der Waals surface area contributed by atoms with Crippen molar-refractivity contribution in [3.63, 3.8) is 0 Å². The molecule has 0 unspecified atom stereocenters. The van der Waals surface area contributed by atoms with Crippen LogP contribution in [0.25, 0.3) is 0 Å². The SMILES string of the molecule is CN1C(C)(C)CC(OC(=O)CCCCCCCCCC(=O)OC2CC(C)(C)N(C)C(C)(C)C2)CC1(C)C. The number of likely N-dealkylation sites (tertiary alicyclic amines) is 2. The maximum Gasteiger partial charge on any atom is 0.306 e. The molecule has 0 aliphatic carbocycles. The molecule has 2 aliphatic heterocycles. The van der Waals surface area contributed by atoms with Crippen LogP contribution < -0.4 is 0 Å². The zero-order valence-corrected chi connectivity index (χ0v) is 25.9. The summed E-state index contributed by atoms with van der Waals surface area (Å²) in [6.45, 7) is 17.8. The normalized spacial score (nSPS) is 24.1. The summed E-state index contributed by atoms with van der Waals surface area (Å²) in [5.74, 6) is -0.0906. The minimum Gasteiger partial charge on any atom is -0.462 e. The number of piperidine rings is 2. The van der Waals surface area contributed by atoms with Gasteiger partial charge in [0.05, 0.1) is 0 Å². The number of esters is 2. The van der Waals surface area contributed by atoms with E-state index in [0.717, 1.165) is 70.6 Å². The zero-order valence-electron chi connectivity index (χ0n) is 25.9. The fourth-order valence-corrected chi connectivity index (χ4v) is 6.64. The predicted molar refractivity (Wildman–Crippen MR) is 152 cm³/mol. The molecular formula is C31H58N2O4. The molecule has 0 spiro atoms. The van der Waals surface area contributed by atoms with Gasteiger partial charge >= 0.3 is 11.9 Å². The summed E-state index contributed by atoms with van der Waals surface area (Å²) in [4.78, 5) is 29.6. The van der Waals surface area contributed by atoms with Crippen molar-refractivity contribution < 1.29 is 19.1 Å². The minimum atomic E-state index is -0.0453. The molecule has 216 valence electrons. The smallest absolute Gasteiger partial charge is 0.306 e. The molecule has 0 aromatic rings. The van der Waals surface area contributed by atoms with Crippen LogP contribution in [0, 0.1) is 0 Å². The minimum absolute atomic E-state index is 0.0119. The number of carbonyl (C=O) groups excluding carboxylic acids is 2. The third-order valence-electron chi connectivity index (χ3n) is 9.40. The first-order valence-corrected chi connectivity index (χ1v) is 14.8. The highest BCUT2D eigenvalue weighted by atomic mass is 16.5. The van der Waals surface area contributed by atoms with Gasteiger partial charge in [0.15, 0.2) is 0 Å². The van der Waals surface area contributed by atoms with E-state index in [2.05, 4.69) is 79.3 Å². The Balaban J connectivity index is 1.51. The number of nitrogens with zero attached hydrogens (tertiary/aromatic N) is 2. The molecule has 37 heavy (non-hydrogen) atoms. The van der Waals surface area contributed by atoms with Crippen LogP contribution in [0.1, 0.15) is 139 Å². The van der Waals surface area contributed by atoms with Gasteiger partial charge in [-0.15, -0.1) is 0 Å². The van der Waals surface area contributed by atoms with Gasteiger partial charge in [0.2, 0.25) is 0 Å². The Kier molecular flexibility index (Phi) is 11.1. The van der Waals surface area contributed by atoms with E-state index in [4.69, 9.17) is 9.47 Å². The highest BCUT2D eigenvalue weighted by Crippen LogP contribution is 2.39. The Morgan fingerprint density at radius 1 is 0.541 bits per heavy atom. The number of ether oxygens (including phenoxy) is 2. The summed E-state index contributed by atoms with van der Waals surface area (Å²) >= 11 is 0. The molecule has 2 aliphatic rings. The zero-order chi connectivity index (χ0) is 28.1. The second kappa shape index (κ2) is 12.8. The van der Waals surface area contributed by atoms with E-state index in [1.165, 1.54) is 0 Å². The molecule has 0 bridgehead atoms. The first-order chi connectivity index (χ1) is 17.0. The Morgan fingerprint density at radius 2 is 0.784 bits per heavy atom. The summed E-state index contributed by atoms with van der Waals surface area (Å²) < 4.78 is 11.7. The second-order valence-electron chi connectivity index (χ2n) is 14.4. The lowest BCUT2D eigenvalue weighted by molar-refractivity contribution is -0.160. The number of hydrogen-bond acceptors (Lipinski definition) is 6. The van der Waals surface area contributed by atoms with Crippen molar-refractivity contribution in [2.45, 2.75) is 173 Å². The van der Waals surface area contributed by atoms with Crippen molar-refractivity contribution in [1.29, 1.82) is 0 Å². The van der Waals surface area contributed by atoms with Crippen LogP contribution in [0.15, 0.2) is 0 Å². The topological polar surface area (TPSA) is 59.1 Å². The van der Waals surface area contributed by atoms with Crippen molar-refractivity contribution in [1.82, 2.24) is 9.80 Å². The average molecular weight is 523 g/mol. The third kappa shape index (κ3) is 9.53. The summed E-state index contributed by atoms with van der Waals surface area (Å²) in [6, 6.07) is 0. The molecule has 6 heteroatoms. The Bertz CT molecular complexity index is 660. The fraction of sp³-hybridized carbons (Fsp3) is 0.935. The van der Waals surface area contributed by atoms with Crippen molar-refractivity contribution >= 4 is 11.9 Å². The Morgan fingerprint density at radius 3 is 1.05 bits per heavy atom. The number of hydrogen-bond donors (Lipinski definition) is 0. The molecule has 2 saturated heterocycles. The third-order valence-corrected chi connectivity index (χ3v) is 9.40. The van der Waals surface area contributed by atoms with Crippen molar-refractivity contribution in [3.05, 3.63) is 0 Å². The van der Waals surface area contributed by atoms with E-state index in [1.54, 1.807) is 0 Å². The highest BCUT2D eigenvalue weighted by molar-refractivity contribution is 5.69. The fourth-order valence-electron chi connectivity index (χ4n) is 6.64. The van der Waals surface area contributed by atoms with Crippen LogP contribution in [0.2, 0.25) is 0 Å². The second-order valence-corrected chi connectivity index (χ2v) is 14.4. The van der Waals surface area contributed by atoms with Crippen LogP contribution in [0.5, 0.6) is 0 Å². The van der Waals surface area contributed by atoms with Crippen LogP contribution in [-0.4, -0.2) is 70.2 Å². The number of unbranched alkanes of at least 4 members (excludes halogenated alkanes) is 6. The van der Waals surface area contributed by atoms with Crippen molar-refractivity contribution in [2.75, 3.05) is 14.1 Å². The molecule has 0 aromatic heterocycles. The van der Waals surface area contributed by atoms with Gasteiger partial charge < -0.3 is 9.47 Å². The van der Waals surface area contributed by atoms with E-state index in [-0.39, 0.29) is 46.3 Å². The lowest BCUT2D eigenvalue weighted by atomic mass is 9.78. The molecule has 0 amide bonds. The van der Waals surface area contributed by atoms with E-state index < -0.39 is 0 Å².